The Morgan fingerprint density at radius 3 is 2.35 bits per heavy atom. The SMILES string of the molecule is O=C(Cc1cc(Br)ccc1F)c1ccc(F)c(F)c1Br. The van der Waals surface area contributed by atoms with Crippen LogP contribution >= 0.6 is 31.9 Å². The van der Waals surface area contributed by atoms with Crippen LogP contribution in [0.3, 0.4) is 0 Å². The van der Waals surface area contributed by atoms with Crippen LogP contribution in [0.4, 0.5) is 13.2 Å². The summed E-state index contributed by atoms with van der Waals surface area (Å²) in [5.41, 5.74) is 0.157. The van der Waals surface area contributed by atoms with E-state index in [4.69, 9.17) is 0 Å². The molecular weight excluding hydrogens is 401 g/mol. The van der Waals surface area contributed by atoms with E-state index in [1.165, 1.54) is 24.3 Å². The lowest BCUT2D eigenvalue weighted by molar-refractivity contribution is 0.0990. The molecule has 0 bridgehead atoms. The first-order valence-electron chi connectivity index (χ1n) is 5.50. The Labute approximate surface area is 130 Å². The number of ketones is 1. The van der Waals surface area contributed by atoms with Crippen molar-refractivity contribution < 1.29 is 18.0 Å². The molecule has 2 aromatic carbocycles. The van der Waals surface area contributed by atoms with E-state index in [2.05, 4.69) is 31.9 Å². The van der Waals surface area contributed by atoms with Crippen molar-refractivity contribution in [2.75, 3.05) is 0 Å². The molecule has 0 atom stereocenters. The number of halogens is 5. The van der Waals surface area contributed by atoms with Crippen molar-refractivity contribution in [1.29, 1.82) is 0 Å². The van der Waals surface area contributed by atoms with Gasteiger partial charge >= 0.3 is 0 Å². The summed E-state index contributed by atoms with van der Waals surface area (Å²) >= 11 is 6.02. The van der Waals surface area contributed by atoms with Gasteiger partial charge in [0.2, 0.25) is 0 Å². The van der Waals surface area contributed by atoms with E-state index in [9.17, 15) is 18.0 Å². The van der Waals surface area contributed by atoms with Crippen LogP contribution in [-0.4, -0.2) is 5.78 Å². The Morgan fingerprint density at radius 2 is 1.65 bits per heavy atom. The third kappa shape index (κ3) is 3.12. The van der Waals surface area contributed by atoms with Crippen molar-refractivity contribution in [3.8, 4) is 0 Å². The van der Waals surface area contributed by atoms with Gasteiger partial charge in [-0.1, -0.05) is 15.9 Å². The van der Waals surface area contributed by atoms with Gasteiger partial charge in [-0.15, -0.1) is 0 Å². The van der Waals surface area contributed by atoms with Crippen LogP contribution in [0.5, 0.6) is 0 Å². The van der Waals surface area contributed by atoms with Gasteiger partial charge in [-0.3, -0.25) is 4.79 Å². The number of Topliss-reactive ketones (excluding diaryl/α,β-unsaturated/α-hetero) is 1. The van der Waals surface area contributed by atoms with Crippen LogP contribution in [0.25, 0.3) is 0 Å². The molecule has 0 aliphatic carbocycles. The third-order valence-corrected chi connectivity index (χ3v) is 3.96. The Balaban J connectivity index is 2.33. The summed E-state index contributed by atoms with van der Waals surface area (Å²) in [5.74, 6) is -3.22. The second kappa shape index (κ2) is 6.10. The van der Waals surface area contributed by atoms with Gasteiger partial charge in [0.25, 0.3) is 0 Å². The van der Waals surface area contributed by atoms with Crippen molar-refractivity contribution >= 4 is 37.6 Å². The maximum absolute atomic E-state index is 13.6. The number of carbonyl (C=O) groups is 1. The summed E-state index contributed by atoms with van der Waals surface area (Å²) in [6.07, 6.45) is -0.241. The molecule has 6 heteroatoms. The molecule has 0 spiro atoms. The van der Waals surface area contributed by atoms with Crippen molar-refractivity contribution in [2.24, 2.45) is 0 Å². The van der Waals surface area contributed by atoms with Crippen LogP contribution in [0.2, 0.25) is 0 Å². The highest BCUT2D eigenvalue weighted by molar-refractivity contribution is 9.10. The van der Waals surface area contributed by atoms with Crippen molar-refractivity contribution in [2.45, 2.75) is 6.42 Å². The molecular formula is C14H7Br2F3O. The predicted molar refractivity (Wildman–Crippen MR) is 76.2 cm³/mol. The fraction of sp³-hybridized carbons (Fsp3) is 0.0714. The van der Waals surface area contributed by atoms with Gasteiger partial charge in [-0.2, -0.15) is 0 Å². The van der Waals surface area contributed by atoms with E-state index in [0.29, 0.717) is 4.47 Å². The average Bonchev–Trinajstić information content (AvgIpc) is 2.40. The fourth-order valence-electron chi connectivity index (χ4n) is 1.69. The average molecular weight is 408 g/mol. The summed E-state index contributed by atoms with van der Waals surface area (Å²) in [5, 5.41) is 0. The van der Waals surface area contributed by atoms with Crippen LogP contribution < -0.4 is 0 Å². The molecule has 2 rings (SSSR count). The second-order valence-electron chi connectivity index (χ2n) is 4.06. The van der Waals surface area contributed by atoms with Crippen LogP contribution in [-0.2, 0) is 6.42 Å². The molecule has 0 aliphatic heterocycles. The molecule has 20 heavy (non-hydrogen) atoms. The van der Waals surface area contributed by atoms with E-state index < -0.39 is 23.2 Å². The highest BCUT2D eigenvalue weighted by atomic mass is 79.9. The highest BCUT2D eigenvalue weighted by Gasteiger charge is 2.18. The first-order chi connectivity index (χ1) is 9.40. The van der Waals surface area contributed by atoms with E-state index in [0.717, 1.165) is 6.07 Å². The number of carbonyl (C=O) groups excluding carboxylic acids is 1. The summed E-state index contributed by atoms with van der Waals surface area (Å²) in [6.45, 7) is 0. The van der Waals surface area contributed by atoms with Crippen molar-refractivity contribution in [3.63, 3.8) is 0 Å². The molecule has 0 aromatic heterocycles. The van der Waals surface area contributed by atoms with Gasteiger partial charge < -0.3 is 0 Å². The number of hydrogen-bond donors (Lipinski definition) is 0. The lowest BCUT2D eigenvalue weighted by Gasteiger charge is -2.07. The standard InChI is InChI=1S/C14H7Br2F3O/c15-8-1-3-10(17)7(5-8)6-12(20)9-2-4-11(18)14(19)13(9)16/h1-5H,6H2. The lowest BCUT2D eigenvalue weighted by Crippen LogP contribution is -2.07. The van der Waals surface area contributed by atoms with E-state index in [1.807, 2.05) is 0 Å². The summed E-state index contributed by atoms with van der Waals surface area (Å²) in [4.78, 5) is 12.1. The van der Waals surface area contributed by atoms with Gasteiger partial charge in [0, 0.05) is 16.5 Å². The topological polar surface area (TPSA) is 17.1 Å². The highest BCUT2D eigenvalue weighted by Crippen LogP contribution is 2.25. The molecule has 0 heterocycles. The molecule has 0 aliphatic rings. The van der Waals surface area contributed by atoms with Crippen LogP contribution in [0.1, 0.15) is 15.9 Å². The molecule has 0 fully saturated rings. The molecule has 0 saturated heterocycles. The van der Waals surface area contributed by atoms with Crippen molar-refractivity contribution in [3.05, 3.63) is 67.9 Å². The Bertz CT molecular complexity index is 686. The van der Waals surface area contributed by atoms with Gasteiger partial charge in [-0.05, 0) is 51.8 Å². The third-order valence-electron chi connectivity index (χ3n) is 2.69. The molecule has 2 aromatic rings. The molecule has 0 unspecified atom stereocenters. The van der Waals surface area contributed by atoms with Gasteiger partial charge in [0.05, 0.1) is 4.47 Å². The van der Waals surface area contributed by atoms with E-state index >= 15 is 0 Å². The zero-order valence-corrected chi connectivity index (χ0v) is 13.1. The first-order valence-corrected chi connectivity index (χ1v) is 7.09. The second-order valence-corrected chi connectivity index (χ2v) is 5.77. The summed E-state index contributed by atoms with van der Waals surface area (Å²) < 4.78 is 40.3. The predicted octanol–water partition coefficient (Wildman–Crippen LogP) is 5.05. The number of rotatable bonds is 3. The molecule has 0 saturated carbocycles. The Morgan fingerprint density at radius 1 is 1.00 bits per heavy atom. The molecule has 0 radical (unpaired) electrons. The van der Waals surface area contributed by atoms with Crippen molar-refractivity contribution in [1.82, 2.24) is 0 Å². The molecule has 104 valence electrons. The molecule has 0 N–H and O–H groups in total. The van der Waals surface area contributed by atoms with E-state index in [-0.39, 0.29) is 22.0 Å². The molecule has 1 nitrogen and oxygen atoms in total. The minimum atomic E-state index is -1.13. The lowest BCUT2D eigenvalue weighted by atomic mass is 10.0. The fourth-order valence-corrected chi connectivity index (χ4v) is 2.64. The summed E-state index contributed by atoms with van der Waals surface area (Å²) in [7, 11) is 0. The largest absolute Gasteiger partial charge is 0.294 e. The summed E-state index contributed by atoms with van der Waals surface area (Å²) in [6, 6.07) is 6.25. The van der Waals surface area contributed by atoms with Crippen LogP contribution in [0, 0.1) is 17.5 Å². The Kier molecular flexibility index (Phi) is 4.65. The van der Waals surface area contributed by atoms with Crippen LogP contribution in [0.15, 0.2) is 39.3 Å². The normalized spacial score (nSPS) is 10.7. The quantitative estimate of drug-likeness (QED) is 0.513. The zero-order valence-electron chi connectivity index (χ0n) is 9.89. The van der Waals surface area contributed by atoms with Gasteiger partial charge in [0.15, 0.2) is 17.4 Å². The van der Waals surface area contributed by atoms with Gasteiger partial charge in [0.1, 0.15) is 5.82 Å². The minimum Gasteiger partial charge on any atom is -0.294 e. The maximum atomic E-state index is 13.6. The van der Waals surface area contributed by atoms with Gasteiger partial charge in [-0.25, -0.2) is 13.2 Å². The smallest absolute Gasteiger partial charge is 0.173 e. The van der Waals surface area contributed by atoms with E-state index in [1.54, 1.807) is 0 Å². The zero-order chi connectivity index (χ0) is 14.9. The molecule has 0 amide bonds. The monoisotopic (exact) mass is 406 g/mol. The number of benzene rings is 2. The number of hydrogen-bond acceptors (Lipinski definition) is 1. The Hall–Kier alpha value is -1.14. The maximum Gasteiger partial charge on any atom is 0.173 e. The first kappa shape index (κ1) is 15.3. The minimum absolute atomic E-state index is 0.0247.